The Bertz CT molecular complexity index is 828. The zero-order valence-electron chi connectivity index (χ0n) is 17.5. The number of nitrogens with one attached hydrogen (secondary N) is 1. The van der Waals surface area contributed by atoms with Gasteiger partial charge in [-0.3, -0.25) is 19.3 Å². The summed E-state index contributed by atoms with van der Waals surface area (Å²) < 4.78 is 15.2. The molecule has 0 aromatic heterocycles. The number of likely N-dealkylation sites (tertiary alicyclic amines) is 1. The van der Waals surface area contributed by atoms with E-state index in [1.54, 1.807) is 32.9 Å². The topological polar surface area (TPSA) is 111 Å². The van der Waals surface area contributed by atoms with Crippen molar-refractivity contribution in [1.82, 2.24) is 10.2 Å². The van der Waals surface area contributed by atoms with E-state index in [0.29, 0.717) is 0 Å². The molecular weight excluding hydrogens is 392 g/mol. The van der Waals surface area contributed by atoms with Crippen molar-refractivity contribution in [2.24, 2.45) is 0 Å². The molecule has 1 aromatic carbocycles. The van der Waals surface area contributed by atoms with E-state index in [0.717, 1.165) is 16.7 Å². The standard InChI is InChI=1S/C21H26N2O7/c1-14(24)28-13-16-10-17(19(26)23(16)11-18(25)30-21(2,3)4)22-20(27)29-12-15-8-6-5-7-9-15/h5-9,13,17H,10-12H2,1-4H3,(H,22,27)/b16-13+/t17-/m0/s1. The fourth-order valence-corrected chi connectivity index (χ4v) is 2.70. The second-order valence-electron chi connectivity index (χ2n) is 7.69. The fraction of sp³-hybridized carbons (Fsp3) is 0.429. The average Bonchev–Trinajstić information content (AvgIpc) is 2.93. The van der Waals surface area contributed by atoms with Crippen LogP contribution in [0.4, 0.5) is 4.79 Å². The molecule has 2 amide bonds. The first kappa shape index (κ1) is 22.9. The van der Waals surface area contributed by atoms with E-state index < -0.39 is 35.6 Å². The van der Waals surface area contributed by atoms with Crippen molar-refractivity contribution < 1.29 is 33.4 Å². The van der Waals surface area contributed by atoms with Crippen molar-refractivity contribution in [3.8, 4) is 0 Å². The van der Waals surface area contributed by atoms with E-state index >= 15 is 0 Å². The molecule has 30 heavy (non-hydrogen) atoms. The van der Waals surface area contributed by atoms with Crippen molar-refractivity contribution in [2.45, 2.75) is 52.4 Å². The zero-order chi connectivity index (χ0) is 22.3. The summed E-state index contributed by atoms with van der Waals surface area (Å²) >= 11 is 0. The first-order valence-corrected chi connectivity index (χ1v) is 9.42. The number of amides is 2. The minimum absolute atomic E-state index is 0.0371. The predicted octanol–water partition coefficient (Wildman–Crippen LogP) is 2.26. The van der Waals surface area contributed by atoms with Crippen LogP contribution in [-0.4, -0.2) is 47.0 Å². The predicted molar refractivity (Wildman–Crippen MR) is 106 cm³/mol. The monoisotopic (exact) mass is 418 g/mol. The Balaban J connectivity index is 2.03. The van der Waals surface area contributed by atoms with Crippen LogP contribution in [0.5, 0.6) is 0 Å². The van der Waals surface area contributed by atoms with Gasteiger partial charge in [0.2, 0.25) is 5.91 Å². The van der Waals surface area contributed by atoms with E-state index in [9.17, 15) is 19.2 Å². The smallest absolute Gasteiger partial charge is 0.408 e. The summed E-state index contributed by atoms with van der Waals surface area (Å²) in [6.07, 6.45) is 0.361. The number of rotatable bonds is 6. The largest absolute Gasteiger partial charge is 0.459 e. The molecule has 0 aliphatic carbocycles. The van der Waals surface area contributed by atoms with Gasteiger partial charge in [0.15, 0.2) is 0 Å². The minimum Gasteiger partial charge on any atom is -0.459 e. The van der Waals surface area contributed by atoms with Gasteiger partial charge in [0.1, 0.15) is 31.1 Å². The van der Waals surface area contributed by atoms with Crippen molar-refractivity contribution in [2.75, 3.05) is 6.54 Å². The molecule has 1 atom stereocenters. The second-order valence-corrected chi connectivity index (χ2v) is 7.69. The Hall–Kier alpha value is -3.36. The number of benzene rings is 1. The Morgan fingerprint density at radius 2 is 1.87 bits per heavy atom. The van der Waals surface area contributed by atoms with Crippen LogP contribution in [0, 0.1) is 0 Å². The molecular formula is C21H26N2O7. The molecule has 1 N–H and O–H groups in total. The number of alkyl carbamates (subject to hydrolysis) is 1. The maximum absolute atomic E-state index is 12.7. The number of nitrogens with zero attached hydrogens (tertiary/aromatic N) is 1. The highest BCUT2D eigenvalue weighted by atomic mass is 16.6. The molecule has 0 saturated carbocycles. The third-order valence-corrected chi connectivity index (χ3v) is 3.90. The molecule has 0 unspecified atom stereocenters. The quantitative estimate of drug-likeness (QED) is 0.428. The summed E-state index contributed by atoms with van der Waals surface area (Å²) in [5.41, 5.74) is 0.347. The Morgan fingerprint density at radius 1 is 1.20 bits per heavy atom. The molecule has 0 spiro atoms. The summed E-state index contributed by atoms with van der Waals surface area (Å²) in [5, 5.41) is 2.48. The molecule has 1 aliphatic rings. The van der Waals surface area contributed by atoms with Crippen molar-refractivity contribution >= 4 is 23.9 Å². The van der Waals surface area contributed by atoms with Gasteiger partial charge in [0, 0.05) is 13.3 Å². The van der Waals surface area contributed by atoms with Gasteiger partial charge in [-0.1, -0.05) is 30.3 Å². The molecule has 1 saturated heterocycles. The van der Waals surface area contributed by atoms with Crippen molar-refractivity contribution in [1.29, 1.82) is 0 Å². The number of hydrogen-bond donors (Lipinski definition) is 1. The first-order valence-electron chi connectivity index (χ1n) is 9.42. The Labute approximate surface area is 175 Å². The van der Waals surface area contributed by atoms with Gasteiger partial charge in [0.25, 0.3) is 0 Å². The van der Waals surface area contributed by atoms with Gasteiger partial charge in [-0.15, -0.1) is 0 Å². The van der Waals surface area contributed by atoms with E-state index in [-0.39, 0.29) is 25.3 Å². The van der Waals surface area contributed by atoms with E-state index in [4.69, 9.17) is 14.2 Å². The van der Waals surface area contributed by atoms with Crippen LogP contribution in [0.1, 0.15) is 39.7 Å². The van der Waals surface area contributed by atoms with Crippen LogP contribution >= 0.6 is 0 Å². The minimum atomic E-state index is -0.961. The molecule has 1 aromatic rings. The lowest BCUT2D eigenvalue weighted by atomic mass is 10.2. The average molecular weight is 418 g/mol. The highest BCUT2D eigenvalue weighted by Gasteiger charge is 2.39. The summed E-state index contributed by atoms with van der Waals surface area (Å²) in [5.74, 6) is -1.74. The molecule has 0 bridgehead atoms. The number of esters is 2. The number of carbonyl (C=O) groups excluding carboxylic acids is 4. The van der Waals surface area contributed by atoms with E-state index in [2.05, 4.69) is 5.32 Å². The molecule has 1 aliphatic heterocycles. The lowest BCUT2D eigenvalue weighted by Crippen LogP contribution is -2.43. The molecule has 9 heteroatoms. The van der Waals surface area contributed by atoms with Gasteiger partial charge in [0.05, 0.1) is 5.70 Å². The maximum Gasteiger partial charge on any atom is 0.408 e. The van der Waals surface area contributed by atoms with Crippen molar-refractivity contribution in [3.63, 3.8) is 0 Å². The van der Waals surface area contributed by atoms with E-state index in [1.807, 2.05) is 18.2 Å². The van der Waals surface area contributed by atoms with Crippen LogP contribution in [0.2, 0.25) is 0 Å². The Kier molecular flexibility index (Phi) is 7.57. The molecule has 1 heterocycles. The third-order valence-electron chi connectivity index (χ3n) is 3.90. The SMILES string of the molecule is CC(=O)O/C=C1\C[C@H](NC(=O)OCc2ccccc2)C(=O)N1CC(=O)OC(C)(C)C. The number of carbonyl (C=O) groups is 4. The van der Waals surface area contributed by atoms with Crippen LogP contribution in [0.15, 0.2) is 42.3 Å². The van der Waals surface area contributed by atoms with Crippen LogP contribution in [0.3, 0.4) is 0 Å². The van der Waals surface area contributed by atoms with Gasteiger partial charge >= 0.3 is 18.0 Å². The molecule has 162 valence electrons. The van der Waals surface area contributed by atoms with Crippen LogP contribution in [-0.2, 0) is 35.2 Å². The number of ether oxygens (including phenoxy) is 3. The van der Waals surface area contributed by atoms with E-state index in [1.165, 1.54) is 6.92 Å². The Morgan fingerprint density at radius 3 is 2.47 bits per heavy atom. The molecule has 1 fully saturated rings. The normalized spacial score (nSPS) is 17.6. The van der Waals surface area contributed by atoms with Crippen LogP contribution in [0.25, 0.3) is 0 Å². The zero-order valence-corrected chi connectivity index (χ0v) is 17.5. The molecule has 9 nitrogen and oxygen atoms in total. The summed E-state index contributed by atoms with van der Waals surface area (Å²) in [6, 6.07) is 8.12. The highest BCUT2D eigenvalue weighted by molar-refractivity contribution is 5.92. The fourth-order valence-electron chi connectivity index (χ4n) is 2.70. The van der Waals surface area contributed by atoms with Crippen LogP contribution < -0.4 is 5.32 Å². The van der Waals surface area contributed by atoms with Gasteiger partial charge < -0.3 is 19.5 Å². The maximum atomic E-state index is 12.7. The summed E-state index contributed by atoms with van der Waals surface area (Å²) in [6.45, 7) is 6.01. The van der Waals surface area contributed by atoms with Gasteiger partial charge in [-0.2, -0.15) is 0 Å². The van der Waals surface area contributed by atoms with Gasteiger partial charge in [-0.05, 0) is 26.3 Å². The summed E-state index contributed by atoms with van der Waals surface area (Å²) in [7, 11) is 0. The van der Waals surface area contributed by atoms with Crippen molar-refractivity contribution in [3.05, 3.63) is 47.9 Å². The third kappa shape index (κ3) is 7.23. The lowest BCUT2D eigenvalue weighted by molar-refractivity contribution is -0.157. The van der Waals surface area contributed by atoms with Gasteiger partial charge in [-0.25, -0.2) is 4.79 Å². The molecule has 0 radical (unpaired) electrons. The second kappa shape index (κ2) is 9.91. The molecule has 2 rings (SSSR count). The highest BCUT2D eigenvalue weighted by Crippen LogP contribution is 2.24. The lowest BCUT2D eigenvalue weighted by Gasteiger charge is -2.23. The number of hydrogen-bond acceptors (Lipinski definition) is 7. The summed E-state index contributed by atoms with van der Waals surface area (Å²) in [4.78, 5) is 49.3. The first-order chi connectivity index (χ1) is 14.0.